The maximum Gasteiger partial charge on any atom is 0.408 e. The van der Waals surface area contributed by atoms with Gasteiger partial charge in [0.15, 0.2) is 0 Å². The van der Waals surface area contributed by atoms with E-state index in [2.05, 4.69) is 34.9 Å². The lowest BCUT2D eigenvalue weighted by molar-refractivity contribution is -0.124. The molecule has 5 nitrogen and oxygen atoms in total. The Balaban J connectivity index is 2.47. The normalized spacial score (nSPS) is 12.1. The maximum absolute atomic E-state index is 12.3. The average molecular weight is 320 g/mol. The molecule has 0 aliphatic rings. The highest BCUT2D eigenvalue weighted by molar-refractivity contribution is 5.85. The smallest absolute Gasteiger partial charge is 0.408 e. The van der Waals surface area contributed by atoms with Gasteiger partial charge in [-0.25, -0.2) is 4.79 Å². The van der Waals surface area contributed by atoms with Crippen LogP contribution in [0.5, 0.6) is 0 Å². The van der Waals surface area contributed by atoms with Gasteiger partial charge in [0.1, 0.15) is 6.04 Å². The molecule has 2 amide bonds. The van der Waals surface area contributed by atoms with Gasteiger partial charge in [-0.15, -0.1) is 0 Å². The van der Waals surface area contributed by atoms with Crippen molar-refractivity contribution >= 4 is 12.0 Å². The zero-order valence-electron chi connectivity index (χ0n) is 14.7. The molecule has 0 fully saturated rings. The van der Waals surface area contributed by atoms with Crippen LogP contribution < -0.4 is 10.6 Å². The summed E-state index contributed by atoms with van der Waals surface area (Å²) in [6.07, 6.45) is -0.0207. The summed E-state index contributed by atoms with van der Waals surface area (Å²) in [5.41, 5.74) is 2.38. The van der Waals surface area contributed by atoms with Gasteiger partial charge in [0, 0.05) is 6.54 Å². The molecule has 1 aromatic rings. The maximum atomic E-state index is 12.3. The number of nitrogens with one attached hydrogen (secondary N) is 2. The number of hydrogen-bond acceptors (Lipinski definition) is 3. The highest BCUT2D eigenvalue weighted by Gasteiger charge is 2.24. The molecule has 0 heterocycles. The summed E-state index contributed by atoms with van der Waals surface area (Å²) in [5.74, 6) is -0.207. The van der Waals surface area contributed by atoms with Gasteiger partial charge < -0.3 is 15.4 Å². The van der Waals surface area contributed by atoms with Crippen LogP contribution in [0.25, 0.3) is 0 Å². The fraction of sp³-hybridized carbons (Fsp3) is 0.556. The summed E-state index contributed by atoms with van der Waals surface area (Å²) in [6, 6.07) is 7.62. The van der Waals surface area contributed by atoms with Gasteiger partial charge >= 0.3 is 6.09 Å². The van der Waals surface area contributed by atoms with Crippen molar-refractivity contribution in [3.05, 3.63) is 35.4 Å². The van der Waals surface area contributed by atoms with E-state index in [1.54, 1.807) is 13.8 Å². The number of hydrogen-bond donors (Lipinski definition) is 2. The summed E-state index contributed by atoms with van der Waals surface area (Å²) in [4.78, 5) is 24.0. The van der Waals surface area contributed by atoms with Crippen molar-refractivity contribution < 1.29 is 14.3 Å². The monoisotopic (exact) mass is 320 g/mol. The molecule has 0 aromatic heterocycles. The van der Waals surface area contributed by atoms with Gasteiger partial charge in [-0.3, -0.25) is 4.79 Å². The molecule has 0 bridgehead atoms. The Morgan fingerprint density at radius 2 is 1.70 bits per heavy atom. The quantitative estimate of drug-likeness (QED) is 0.812. The van der Waals surface area contributed by atoms with E-state index in [-0.39, 0.29) is 17.9 Å². The zero-order chi connectivity index (χ0) is 17.4. The van der Waals surface area contributed by atoms with Gasteiger partial charge in [-0.1, -0.05) is 43.7 Å². The third kappa shape index (κ3) is 7.17. The molecule has 23 heavy (non-hydrogen) atoms. The number of carbonyl (C=O) groups is 2. The van der Waals surface area contributed by atoms with Gasteiger partial charge in [0.05, 0.1) is 6.10 Å². The summed E-state index contributed by atoms with van der Waals surface area (Å²) < 4.78 is 5.04. The second-order valence-corrected chi connectivity index (χ2v) is 6.35. The molecule has 5 heteroatoms. The van der Waals surface area contributed by atoms with Crippen molar-refractivity contribution in [2.45, 2.75) is 53.2 Å². The lowest BCUT2D eigenvalue weighted by atomic mass is 10.0. The fourth-order valence-electron chi connectivity index (χ4n) is 2.10. The topological polar surface area (TPSA) is 67.4 Å². The minimum absolute atomic E-state index is 0.0194. The Bertz CT molecular complexity index is 510. The van der Waals surface area contributed by atoms with E-state index < -0.39 is 12.1 Å². The van der Waals surface area contributed by atoms with Gasteiger partial charge in [0.2, 0.25) is 5.91 Å². The lowest BCUT2D eigenvalue weighted by Gasteiger charge is -2.22. The fourth-order valence-corrected chi connectivity index (χ4v) is 2.10. The summed E-state index contributed by atoms with van der Waals surface area (Å²) in [5, 5.41) is 5.51. The van der Waals surface area contributed by atoms with E-state index in [1.807, 2.05) is 20.8 Å². The number of benzene rings is 1. The number of aryl methyl sites for hydroxylation is 1. The standard InChI is InChI=1S/C18H28N2O3/c1-12(2)16(20-18(22)23-13(3)4)17(21)19-11-10-15-8-6-14(5)7-9-15/h6-9,12-13,16H,10-11H2,1-5H3,(H,19,21)(H,20,22)/t16-/m0/s1. The van der Waals surface area contributed by atoms with Crippen molar-refractivity contribution in [2.24, 2.45) is 5.92 Å². The molecule has 128 valence electrons. The van der Waals surface area contributed by atoms with Crippen molar-refractivity contribution in [1.29, 1.82) is 0 Å². The Labute approximate surface area is 138 Å². The first-order chi connectivity index (χ1) is 10.8. The highest BCUT2D eigenvalue weighted by atomic mass is 16.6. The Hall–Kier alpha value is -2.04. The minimum Gasteiger partial charge on any atom is -0.447 e. The molecule has 1 atom stereocenters. The van der Waals surface area contributed by atoms with Crippen LogP contribution >= 0.6 is 0 Å². The number of carbonyl (C=O) groups excluding carboxylic acids is 2. The lowest BCUT2D eigenvalue weighted by Crippen LogP contribution is -2.50. The summed E-state index contributed by atoms with van der Waals surface area (Å²) >= 11 is 0. The largest absolute Gasteiger partial charge is 0.447 e. The van der Waals surface area contributed by atoms with E-state index in [9.17, 15) is 9.59 Å². The van der Waals surface area contributed by atoms with E-state index in [0.29, 0.717) is 6.54 Å². The number of amides is 2. The summed E-state index contributed by atoms with van der Waals surface area (Å²) in [7, 11) is 0. The van der Waals surface area contributed by atoms with Crippen LogP contribution in [-0.2, 0) is 16.0 Å². The number of alkyl carbamates (subject to hydrolysis) is 1. The average Bonchev–Trinajstić information content (AvgIpc) is 2.45. The van der Waals surface area contributed by atoms with E-state index in [0.717, 1.165) is 6.42 Å². The van der Waals surface area contributed by atoms with Crippen molar-refractivity contribution in [3.8, 4) is 0 Å². The van der Waals surface area contributed by atoms with Crippen LogP contribution in [0.1, 0.15) is 38.8 Å². The van der Waals surface area contributed by atoms with E-state index in [1.165, 1.54) is 11.1 Å². The van der Waals surface area contributed by atoms with E-state index in [4.69, 9.17) is 4.74 Å². The minimum atomic E-state index is -0.598. The second-order valence-electron chi connectivity index (χ2n) is 6.35. The Morgan fingerprint density at radius 3 is 2.22 bits per heavy atom. The van der Waals surface area contributed by atoms with Crippen molar-refractivity contribution in [3.63, 3.8) is 0 Å². The van der Waals surface area contributed by atoms with Gasteiger partial charge in [-0.05, 0) is 38.7 Å². The predicted molar refractivity (Wildman–Crippen MR) is 91.3 cm³/mol. The molecule has 1 aromatic carbocycles. The molecule has 2 N–H and O–H groups in total. The molecule has 0 aliphatic heterocycles. The molecule has 1 rings (SSSR count). The molecule has 0 saturated heterocycles. The molecule has 0 saturated carbocycles. The van der Waals surface area contributed by atoms with Crippen LogP contribution in [-0.4, -0.2) is 30.7 Å². The highest BCUT2D eigenvalue weighted by Crippen LogP contribution is 2.05. The Morgan fingerprint density at radius 1 is 1.09 bits per heavy atom. The molecular formula is C18H28N2O3. The third-order valence-electron chi connectivity index (χ3n) is 3.40. The molecule has 0 spiro atoms. The van der Waals surface area contributed by atoms with Gasteiger partial charge in [-0.2, -0.15) is 0 Å². The van der Waals surface area contributed by atoms with Crippen LogP contribution in [0.2, 0.25) is 0 Å². The Kier molecular flexibility index (Phi) is 7.59. The SMILES string of the molecule is Cc1ccc(CCNC(=O)[C@@H](NC(=O)OC(C)C)C(C)C)cc1. The van der Waals surface area contributed by atoms with E-state index >= 15 is 0 Å². The second kappa shape index (κ2) is 9.18. The van der Waals surface area contributed by atoms with Crippen molar-refractivity contribution in [1.82, 2.24) is 10.6 Å². The molecule has 0 aliphatic carbocycles. The number of ether oxygens (including phenoxy) is 1. The van der Waals surface area contributed by atoms with Crippen LogP contribution in [0.4, 0.5) is 4.79 Å². The first-order valence-electron chi connectivity index (χ1n) is 8.10. The third-order valence-corrected chi connectivity index (χ3v) is 3.40. The number of rotatable bonds is 7. The first-order valence-corrected chi connectivity index (χ1v) is 8.10. The van der Waals surface area contributed by atoms with Gasteiger partial charge in [0.25, 0.3) is 0 Å². The van der Waals surface area contributed by atoms with Crippen LogP contribution in [0, 0.1) is 12.8 Å². The summed E-state index contributed by atoms with van der Waals surface area (Å²) in [6.45, 7) is 9.89. The molecule has 0 unspecified atom stereocenters. The van der Waals surface area contributed by atoms with Crippen LogP contribution in [0.15, 0.2) is 24.3 Å². The van der Waals surface area contributed by atoms with Crippen LogP contribution in [0.3, 0.4) is 0 Å². The first kappa shape index (κ1) is 19.0. The zero-order valence-corrected chi connectivity index (χ0v) is 14.7. The van der Waals surface area contributed by atoms with Crippen molar-refractivity contribution in [2.75, 3.05) is 6.54 Å². The molecular weight excluding hydrogens is 292 g/mol. The molecule has 0 radical (unpaired) electrons. The predicted octanol–water partition coefficient (Wildman–Crippen LogP) is 2.81.